The molecule has 0 aromatic heterocycles. The van der Waals surface area contributed by atoms with Crippen molar-refractivity contribution in [1.82, 2.24) is 5.43 Å². The quantitative estimate of drug-likeness (QED) is 0.501. The van der Waals surface area contributed by atoms with Gasteiger partial charge in [-0.3, -0.25) is 11.3 Å². The highest BCUT2D eigenvalue weighted by Gasteiger charge is 2.16. The van der Waals surface area contributed by atoms with Gasteiger partial charge in [0.1, 0.15) is 0 Å². The summed E-state index contributed by atoms with van der Waals surface area (Å²) in [7, 11) is 0. The van der Waals surface area contributed by atoms with Crippen LogP contribution in [-0.4, -0.2) is 0 Å². The van der Waals surface area contributed by atoms with E-state index in [0.717, 1.165) is 20.6 Å². The maximum absolute atomic E-state index is 6.09. The van der Waals surface area contributed by atoms with Gasteiger partial charge < -0.3 is 0 Å². The van der Waals surface area contributed by atoms with E-state index in [-0.39, 0.29) is 6.04 Å². The number of nitrogens with one attached hydrogen (secondary N) is 1. The molecule has 0 aliphatic carbocycles. The van der Waals surface area contributed by atoms with Crippen LogP contribution >= 0.6 is 34.2 Å². The molecule has 0 aliphatic heterocycles. The zero-order valence-corrected chi connectivity index (χ0v) is 11.8. The molecule has 0 radical (unpaired) electrons. The minimum absolute atomic E-state index is 0.171. The Labute approximate surface area is 110 Å². The molecule has 0 bridgehead atoms. The monoisotopic (exact) mass is 338 g/mol. The van der Waals surface area contributed by atoms with E-state index < -0.39 is 0 Å². The van der Waals surface area contributed by atoms with Crippen molar-refractivity contribution in [3.63, 3.8) is 0 Å². The molecule has 1 aromatic carbocycles. The van der Waals surface area contributed by atoms with Crippen molar-refractivity contribution in [1.29, 1.82) is 0 Å². The van der Waals surface area contributed by atoms with Crippen LogP contribution in [-0.2, 0) is 0 Å². The van der Waals surface area contributed by atoms with E-state index >= 15 is 0 Å². The molecule has 0 amide bonds. The van der Waals surface area contributed by atoms with Crippen molar-refractivity contribution in [2.75, 3.05) is 0 Å². The van der Waals surface area contributed by atoms with Crippen LogP contribution in [0.1, 0.15) is 31.9 Å². The van der Waals surface area contributed by atoms with E-state index in [4.69, 9.17) is 17.4 Å². The minimum Gasteiger partial charge on any atom is -0.271 e. The smallest absolute Gasteiger partial charge is 0.0542 e. The van der Waals surface area contributed by atoms with Crippen LogP contribution in [0, 0.1) is 9.49 Å². The first-order chi connectivity index (χ1) is 7.10. The van der Waals surface area contributed by atoms with Gasteiger partial charge in [-0.1, -0.05) is 37.9 Å². The number of nitrogens with two attached hydrogens (primary N) is 1. The fraction of sp³-hybridized carbons (Fsp3) is 0.455. The summed E-state index contributed by atoms with van der Waals surface area (Å²) in [6, 6.07) is 6.25. The maximum atomic E-state index is 6.09. The van der Waals surface area contributed by atoms with Gasteiger partial charge in [-0.2, -0.15) is 0 Å². The molecule has 0 heterocycles. The molecule has 0 saturated heterocycles. The predicted molar refractivity (Wildman–Crippen MR) is 73.7 cm³/mol. The van der Waals surface area contributed by atoms with Gasteiger partial charge >= 0.3 is 0 Å². The summed E-state index contributed by atoms with van der Waals surface area (Å²) in [4.78, 5) is 0. The lowest BCUT2D eigenvalue weighted by atomic mass is 9.93. The lowest BCUT2D eigenvalue weighted by Gasteiger charge is -2.22. The normalized spacial score (nSPS) is 15.0. The third kappa shape index (κ3) is 3.31. The van der Waals surface area contributed by atoms with Crippen LogP contribution in [0.15, 0.2) is 18.2 Å². The fourth-order valence-electron chi connectivity index (χ4n) is 1.53. The van der Waals surface area contributed by atoms with E-state index in [1.54, 1.807) is 0 Å². The standard InChI is InChI=1S/C11H16ClIN2/c1-3-7(2)11(15-14)8-4-5-10(13)9(12)6-8/h4-7,11,15H,3,14H2,1-2H3. The number of rotatable bonds is 4. The first kappa shape index (κ1) is 13.2. The molecule has 0 spiro atoms. The summed E-state index contributed by atoms with van der Waals surface area (Å²) in [6.07, 6.45) is 1.08. The van der Waals surface area contributed by atoms with Crippen molar-refractivity contribution in [2.24, 2.45) is 11.8 Å². The van der Waals surface area contributed by atoms with E-state index in [0.29, 0.717) is 5.92 Å². The third-order valence-corrected chi connectivity index (χ3v) is 4.27. The highest BCUT2D eigenvalue weighted by molar-refractivity contribution is 14.1. The molecule has 0 saturated carbocycles. The van der Waals surface area contributed by atoms with Crippen LogP contribution in [0.3, 0.4) is 0 Å². The molecule has 4 heteroatoms. The summed E-state index contributed by atoms with van der Waals surface area (Å²) >= 11 is 8.31. The van der Waals surface area contributed by atoms with Gasteiger partial charge in [-0.05, 0) is 46.2 Å². The van der Waals surface area contributed by atoms with Crippen LogP contribution in [0.5, 0.6) is 0 Å². The highest BCUT2D eigenvalue weighted by Crippen LogP contribution is 2.28. The molecule has 84 valence electrons. The number of hydrogen-bond acceptors (Lipinski definition) is 2. The molecule has 2 nitrogen and oxygen atoms in total. The summed E-state index contributed by atoms with van der Waals surface area (Å²) in [5.74, 6) is 6.07. The summed E-state index contributed by atoms with van der Waals surface area (Å²) in [5, 5.41) is 0.789. The Morgan fingerprint density at radius 3 is 2.67 bits per heavy atom. The maximum Gasteiger partial charge on any atom is 0.0542 e. The Morgan fingerprint density at radius 2 is 2.20 bits per heavy atom. The molecule has 1 aromatic rings. The Morgan fingerprint density at radius 1 is 1.53 bits per heavy atom. The van der Waals surface area contributed by atoms with Gasteiger partial charge in [0.2, 0.25) is 0 Å². The van der Waals surface area contributed by atoms with Crippen molar-refractivity contribution in [2.45, 2.75) is 26.3 Å². The first-order valence-corrected chi connectivity index (χ1v) is 6.46. The zero-order chi connectivity index (χ0) is 11.4. The SMILES string of the molecule is CCC(C)C(NN)c1ccc(I)c(Cl)c1. The van der Waals surface area contributed by atoms with Crippen LogP contribution in [0.25, 0.3) is 0 Å². The van der Waals surface area contributed by atoms with Gasteiger partial charge in [0.05, 0.1) is 5.02 Å². The molecule has 2 atom stereocenters. The number of benzene rings is 1. The highest BCUT2D eigenvalue weighted by atomic mass is 127. The lowest BCUT2D eigenvalue weighted by molar-refractivity contribution is 0.383. The van der Waals surface area contributed by atoms with Gasteiger partial charge in [0, 0.05) is 9.61 Å². The van der Waals surface area contributed by atoms with Gasteiger partial charge in [-0.15, -0.1) is 0 Å². The average molecular weight is 339 g/mol. The molecule has 3 N–H and O–H groups in total. The van der Waals surface area contributed by atoms with Crippen molar-refractivity contribution in [3.05, 3.63) is 32.4 Å². The molecular weight excluding hydrogens is 322 g/mol. The Kier molecular flexibility index (Phi) is 5.32. The minimum atomic E-state index is 0.171. The predicted octanol–water partition coefficient (Wildman–Crippen LogP) is 3.50. The van der Waals surface area contributed by atoms with Gasteiger partial charge in [0.15, 0.2) is 0 Å². The van der Waals surface area contributed by atoms with Crippen molar-refractivity contribution < 1.29 is 0 Å². The van der Waals surface area contributed by atoms with E-state index in [9.17, 15) is 0 Å². The largest absolute Gasteiger partial charge is 0.271 e. The first-order valence-electron chi connectivity index (χ1n) is 5.01. The number of hydrazine groups is 1. The summed E-state index contributed by atoms with van der Waals surface area (Å²) in [6.45, 7) is 4.33. The fourth-order valence-corrected chi connectivity index (χ4v) is 2.06. The Balaban J connectivity index is 2.97. The van der Waals surface area contributed by atoms with Gasteiger partial charge in [-0.25, -0.2) is 0 Å². The molecular formula is C11H16ClIN2. The van der Waals surface area contributed by atoms with Crippen LogP contribution in [0.4, 0.5) is 0 Å². The number of hydrogen-bond donors (Lipinski definition) is 2. The molecule has 0 aliphatic rings. The molecule has 2 unspecified atom stereocenters. The molecule has 1 rings (SSSR count). The summed E-state index contributed by atoms with van der Waals surface area (Å²) in [5.41, 5.74) is 4.00. The number of halogens is 2. The van der Waals surface area contributed by atoms with Crippen LogP contribution in [0.2, 0.25) is 5.02 Å². The second-order valence-electron chi connectivity index (χ2n) is 3.70. The van der Waals surface area contributed by atoms with E-state index in [1.165, 1.54) is 0 Å². The van der Waals surface area contributed by atoms with Gasteiger partial charge in [0.25, 0.3) is 0 Å². The average Bonchev–Trinajstić information content (AvgIpc) is 2.24. The topological polar surface area (TPSA) is 38.0 Å². The van der Waals surface area contributed by atoms with E-state index in [1.807, 2.05) is 12.1 Å². The summed E-state index contributed by atoms with van der Waals surface area (Å²) < 4.78 is 1.07. The second kappa shape index (κ2) is 6.03. The van der Waals surface area contributed by atoms with E-state index in [2.05, 4.69) is 47.9 Å². The molecule has 0 fully saturated rings. The zero-order valence-electron chi connectivity index (χ0n) is 8.93. The lowest BCUT2D eigenvalue weighted by Crippen LogP contribution is -2.32. The van der Waals surface area contributed by atoms with Crippen LogP contribution < -0.4 is 11.3 Å². The van der Waals surface area contributed by atoms with Crippen molar-refractivity contribution >= 4 is 34.2 Å². The Hall–Kier alpha value is 0.160. The third-order valence-electron chi connectivity index (χ3n) is 2.70. The van der Waals surface area contributed by atoms with Crippen molar-refractivity contribution in [3.8, 4) is 0 Å². The Bertz CT molecular complexity index is 330. The molecule has 15 heavy (non-hydrogen) atoms. The second-order valence-corrected chi connectivity index (χ2v) is 5.27.